The first kappa shape index (κ1) is 15.1. The minimum atomic E-state index is 0.138. The number of hydrogen-bond acceptors (Lipinski definition) is 7. The summed E-state index contributed by atoms with van der Waals surface area (Å²) in [5.74, 6) is 3.43. The zero-order valence-corrected chi connectivity index (χ0v) is 13.8. The van der Waals surface area contributed by atoms with Crippen LogP contribution in [0.2, 0.25) is 0 Å². The Morgan fingerprint density at radius 3 is 2.86 bits per heavy atom. The molecule has 0 radical (unpaired) electrons. The molecule has 3 rings (SSSR count). The van der Waals surface area contributed by atoms with Crippen LogP contribution in [0.3, 0.4) is 0 Å². The van der Waals surface area contributed by atoms with E-state index in [1.165, 1.54) is 11.5 Å². The lowest BCUT2D eigenvalue weighted by molar-refractivity contribution is -0.135. The molecule has 21 heavy (non-hydrogen) atoms. The number of carbonyl (C=O) groups is 1. The number of amides is 1. The molecule has 0 atom stereocenters. The summed E-state index contributed by atoms with van der Waals surface area (Å²) in [7, 11) is 1.68. The Morgan fingerprint density at radius 2 is 2.14 bits per heavy atom. The highest BCUT2D eigenvalue weighted by molar-refractivity contribution is 7.99. The maximum absolute atomic E-state index is 12.3. The number of ether oxygens (including phenoxy) is 1. The van der Waals surface area contributed by atoms with Gasteiger partial charge in [0.05, 0.1) is 12.5 Å². The van der Waals surface area contributed by atoms with Crippen molar-refractivity contribution in [3.8, 4) is 0 Å². The number of nitrogens with zero attached hydrogens (tertiary/aromatic N) is 4. The summed E-state index contributed by atoms with van der Waals surface area (Å²) >= 11 is 3.34. The molecule has 0 bridgehead atoms. The van der Waals surface area contributed by atoms with E-state index in [4.69, 9.17) is 4.74 Å². The fourth-order valence-electron chi connectivity index (χ4n) is 2.50. The van der Waals surface area contributed by atoms with Crippen molar-refractivity contribution in [1.82, 2.24) is 14.3 Å². The minimum absolute atomic E-state index is 0.138. The standard InChI is InChI=1S/C13H20N4O2S2/c1-19-5-2-11-14-13(21-15-11)17-8-10(9-17)12(18)16-3-6-20-7-4-16/h10H,2-9H2,1H3. The minimum Gasteiger partial charge on any atom is -0.384 e. The van der Waals surface area contributed by atoms with Crippen molar-refractivity contribution in [3.05, 3.63) is 5.82 Å². The van der Waals surface area contributed by atoms with Gasteiger partial charge in [0.1, 0.15) is 5.82 Å². The van der Waals surface area contributed by atoms with E-state index < -0.39 is 0 Å². The van der Waals surface area contributed by atoms with Gasteiger partial charge in [0.15, 0.2) is 0 Å². The smallest absolute Gasteiger partial charge is 0.229 e. The van der Waals surface area contributed by atoms with Crippen LogP contribution in [0, 0.1) is 5.92 Å². The first-order chi connectivity index (χ1) is 10.3. The van der Waals surface area contributed by atoms with E-state index in [2.05, 4.69) is 14.3 Å². The largest absolute Gasteiger partial charge is 0.384 e. The third-order valence-corrected chi connectivity index (χ3v) is 5.57. The van der Waals surface area contributed by atoms with Crippen LogP contribution in [-0.2, 0) is 16.0 Å². The molecule has 2 aliphatic heterocycles. The number of thioether (sulfide) groups is 1. The van der Waals surface area contributed by atoms with E-state index >= 15 is 0 Å². The van der Waals surface area contributed by atoms with Gasteiger partial charge in [0.2, 0.25) is 11.0 Å². The first-order valence-electron chi connectivity index (χ1n) is 7.21. The van der Waals surface area contributed by atoms with Crippen LogP contribution >= 0.6 is 23.3 Å². The van der Waals surface area contributed by atoms with Crippen LogP contribution in [0.5, 0.6) is 0 Å². The highest BCUT2D eigenvalue weighted by Gasteiger charge is 2.37. The molecular weight excluding hydrogens is 308 g/mol. The predicted molar refractivity (Wildman–Crippen MR) is 85.1 cm³/mol. The summed E-state index contributed by atoms with van der Waals surface area (Å²) in [4.78, 5) is 21.0. The Balaban J connectivity index is 1.48. The number of methoxy groups -OCH3 is 1. The molecule has 8 heteroatoms. The Bertz CT molecular complexity index is 484. The van der Waals surface area contributed by atoms with Crippen LogP contribution in [0.15, 0.2) is 0 Å². The van der Waals surface area contributed by atoms with Gasteiger partial charge in [-0.1, -0.05) is 0 Å². The van der Waals surface area contributed by atoms with E-state index in [1.807, 2.05) is 16.7 Å². The van der Waals surface area contributed by atoms with Crippen LogP contribution in [0.4, 0.5) is 5.13 Å². The molecule has 0 aliphatic carbocycles. The van der Waals surface area contributed by atoms with Crippen molar-refractivity contribution in [2.45, 2.75) is 6.42 Å². The lowest BCUT2D eigenvalue weighted by atomic mass is 9.99. The summed E-state index contributed by atoms with van der Waals surface area (Å²) in [5.41, 5.74) is 0. The van der Waals surface area contributed by atoms with E-state index in [0.717, 1.165) is 55.1 Å². The lowest BCUT2D eigenvalue weighted by Crippen LogP contribution is -2.55. The van der Waals surface area contributed by atoms with E-state index in [0.29, 0.717) is 12.5 Å². The summed E-state index contributed by atoms with van der Waals surface area (Å²) in [6.07, 6.45) is 0.745. The zero-order chi connectivity index (χ0) is 14.7. The fraction of sp³-hybridized carbons (Fsp3) is 0.769. The zero-order valence-electron chi connectivity index (χ0n) is 12.2. The van der Waals surface area contributed by atoms with E-state index in [-0.39, 0.29) is 5.92 Å². The summed E-state index contributed by atoms with van der Waals surface area (Å²) < 4.78 is 9.36. The summed E-state index contributed by atoms with van der Waals surface area (Å²) in [6, 6.07) is 0. The van der Waals surface area contributed by atoms with Gasteiger partial charge in [-0.05, 0) is 0 Å². The van der Waals surface area contributed by atoms with Crippen molar-refractivity contribution in [2.24, 2.45) is 5.92 Å². The Kier molecular flexibility index (Phi) is 4.97. The highest BCUT2D eigenvalue weighted by Crippen LogP contribution is 2.28. The molecule has 0 N–H and O–H groups in total. The van der Waals surface area contributed by atoms with Gasteiger partial charge < -0.3 is 14.5 Å². The van der Waals surface area contributed by atoms with E-state index in [1.54, 1.807) is 7.11 Å². The number of anilines is 1. The molecule has 1 amide bonds. The molecule has 6 nitrogen and oxygen atoms in total. The van der Waals surface area contributed by atoms with Gasteiger partial charge in [-0.2, -0.15) is 16.1 Å². The van der Waals surface area contributed by atoms with Gasteiger partial charge in [0, 0.05) is 62.7 Å². The van der Waals surface area contributed by atoms with E-state index in [9.17, 15) is 4.79 Å². The number of aromatic nitrogens is 2. The topological polar surface area (TPSA) is 58.6 Å². The third-order valence-electron chi connectivity index (χ3n) is 3.81. The molecule has 3 heterocycles. The van der Waals surface area contributed by atoms with Crippen molar-refractivity contribution in [1.29, 1.82) is 0 Å². The SMILES string of the molecule is COCCc1nsc(N2CC(C(=O)N3CCSCC3)C2)n1. The first-order valence-corrected chi connectivity index (χ1v) is 9.13. The fourth-order valence-corrected chi connectivity index (χ4v) is 4.13. The lowest BCUT2D eigenvalue weighted by Gasteiger charge is -2.41. The average Bonchev–Trinajstić information content (AvgIpc) is 2.93. The molecule has 0 aromatic carbocycles. The molecular formula is C13H20N4O2S2. The summed E-state index contributed by atoms with van der Waals surface area (Å²) in [6.45, 7) is 4.01. The Labute approximate surface area is 133 Å². The number of hydrogen-bond donors (Lipinski definition) is 0. The quantitative estimate of drug-likeness (QED) is 0.794. The molecule has 0 spiro atoms. The number of rotatable bonds is 5. The van der Waals surface area contributed by atoms with Crippen LogP contribution in [0.1, 0.15) is 5.82 Å². The monoisotopic (exact) mass is 328 g/mol. The van der Waals surface area contributed by atoms with Crippen LogP contribution in [0.25, 0.3) is 0 Å². The molecule has 1 aromatic rings. The van der Waals surface area contributed by atoms with Crippen LogP contribution in [-0.4, -0.2) is 71.6 Å². The van der Waals surface area contributed by atoms with Crippen molar-refractivity contribution in [3.63, 3.8) is 0 Å². The van der Waals surface area contributed by atoms with Crippen molar-refractivity contribution >= 4 is 34.3 Å². The average molecular weight is 328 g/mol. The van der Waals surface area contributed by atoms with Gasteiger partial charge in [-0.3, -0.25) is 4.79 Å². The van der Waals surface area contributed by atoms with Gasteiger partial charge in [0.25, 0.3) is 0 Å². The van der Waals surface area contributed by atoms with Gasteiger partial charge in [-0.15, -0.1) is 0 Å². The molecule has 116 valence electrons. The summed E-state index contributed by atoms with van der Waals surface area (Å²) in [5, 5.41) is 0.930. The van der Waals surface area contributed by atoms with Crippen molar-refractivity contribution in [2.75, 3.05) is 56.3 Å². The molecule has 2 fully saturated rings. The van der Waals surface area contributed by atoms with Crippen LogP contribution < -0.4 is 4.90 Å². The molecule has 1 aromatic heterocycles. The third kappa shape index (κ3) is 3.49. The molecule has 2 aliphatic rings. The normalized spacial score (nSPS) is 19.7. The maximum Gasteiger partial charge on any atom is 0.229 e. The molecule has 2 saturated heterocycles. The second kappa shape index (κ2) is 6.93. The highest BCUT2D eigenvalue weighted by atomic mass is 32.2. The second-order valence-corrected chi connectivity index (χ2v) is 7.23. The van der Waals surface area contributed by atoms with Gasteiger partial charge in [-0.25, -0.2) is 4.98 Å². The second-order valence-electron chi connectivity index (χ2n) is 5.28. The Hall–Kier alpha value is -0.860. The Morgan fingerprint density at radius 1 is 1.38 bits per heavy atom. The number of carbonyl (C=O) groups excluding carboxylic acids is 1. The maximum atomic E-state index is 12.3. The molecule has 0 unspecified atom stereocenters. The van der Waals surface area contributed by atoms with Gasteiger partial charge >= 0.3 is 0 Å². The molecule has 0 saturated carbocycles. The van der Waals surface area contributed by atoms with Crippen molar-refractivity contribution < 1.29 is 9.53 Å². The predicted octanol–water partition coefficient (Wildman–Crippen LogP) is 0.739.